The average Bonchev–Trinajstić information content (AvgIpc) is 2.96. The molecular formula is C15H16N4. The minimum absolute atomic E-state index is 0.972. The van der Waals surface area contributed by atoms with E-state index in [9.17, 15) is 0 Å². The molecule has 0 unspecified atom stereocenters. The van der Waals surface area contributed by atoms with Gasteiger partial charge in [0, 0.05) is 37.4 Å². The summed E-state index contributed by atoms with van der Waals surface area (Å²) in [7, 11) is 0. The number of para-hydroxylation sites is 1. The molecule has 96 valence electrons. The van der Waals surface area contributed by atoms with Gasteiger partial charge in [0.2, 0.25) is 0 Å². The standard InChI is InChI=1S/C9H7N.C6H9N3/c1-2-6-9-8(4-1)5-3-7-10-9;1-2-9-5-8-4-6(9)3-7-1/h1-7H;4-5,7H,1-3H2. The fourth-order valence-electron chi connectivity index (χ4n) is 2.13. The van der Waals surface area contributed by atoms with E-state index in [1.807, 2.05) is 43.0 Å². The molecule has 0 spiro atoms. The predicted octanol–water partition coefficient (Wildman–Crippen LogP) is 2.22. The smallest absolute Gasteiger partial charge is 0.0949 e. The first-order valence-corrected chi connectivity index (χ1v) is 6.43. The predicted molar refractivity (Wildman–Crippen MR) is 75.7 cm³/mol. The molecule has 0 saturated carbocycles. The van der Waals surface area contributed by atoms with Crippen LogP contribution < -0.4 is 5.32 Å². The molecule has 3 heterocycles. The summed E-state index contributed by atoms with van der Waals surface area (Å²) in [6.45, 7) is 3.11. The maximum atomic E-state index is 4.18. The number of rotatable bonds is 0. The maximum absolute atomic E-state index is 4.18. The second-order valence-electron chi connectivity index (χ2n) is 4.45. The van der Waals surface area contributed by atoms with Gasteiger partial charge in [-0.15, -0.1) is 0 Å². The van der Waals surface area contributed by atoms with Crippen LogP contribution in [-0.4, -0.2) is 21.1 Å². The molecule has 0 saturated heterocycles. The Morgan fingerprint density at radius 1 is 1.11 bits per heavy atom. The summed E-state index contributed by atoms with van der Waals surface area (Å²) in [5.74, 6) is 0. The lowest BCUT2D eigenvalue weighted by Gasteiger charge is -2.14. The molecule has 0 amide bonds. The van der Waals surface area contributed by atoms with Gasteiger partial charge >= 0.3 is 0 Å². The SMILES string of the molecule is c1ccc2ncccc2c1.c1ncn2c1CNCC2. The van der Waals surface area contributed by atoms with E-state index in [-0.39, 0.29) is 0 Å². The summed E-state index contributed by atoms with van der Waals surface area (Å²) in [4.78, 5) is 8.21. The highest BCUT2D eigenvalue weighted by Gasteiger charge is 2.04. The minimum atomic E-state index is 0.972. The van der Waals surface area contributed by atoms with Gasteiger partial charge in [-0.05, 0) is 12.1 Å². The number of hydrogen-bond acceptors (Lipinski definition) is 3. The van der Waals surface area contributed by atoms with Crippen LogP contribution in [-0.2, 0) is 13.1 Å². The van der Waals surface area contributed by atoms with Gasteiger partial charge in [-0.2, -0.15) is 0 Å². The molecule has 0 fully saturated rings. The molecule has 0 radical (unpaired) electrons. The lowest BCUT2D eigenvalue weighted by molar-refractivity contribution is 0.516. The van der Waals surface area contributed by atoms with Crippen molar-refractivity contribution >= 4 is 10.9 Å². The molecule has 2 aromatic heterocycles. The molecular weight excluding hydrogens is 236 g/mol. The third-order valence-corrected chi connectivity index (χ3v) is 3.15. The van der Waals surface area contributed by atoms with Crippen LogP contribution >= 0.6 is 0 Å². The van der Waals surface area contributed by atoms with Crippen molar-refractivity contribution in [1.82, 2.24) is 19.9 Å². The Morgan fingerprint density at radius 2 is 2.00 bits per heavy atom. The number of aromatic nitrogens is 3. The van der Waals surface area contributed by atoms with E-state index >= 15 is 0 Å². The number of benzene rings is 1. The number of hydrogen-bond donors (Lipinski definition) is 1. The molecule has 3 aromatic rings. The monoisotopic (exact) mass is 252 g/mol. The Labute approximate surface area is 112 Å². The second-order valence-corrected chi connectivity index (χ2v) is 4.45. The number of pyridine rings is 1. The first kappa shape index (κ1) is 11.9. The molecule has 1 aliphatic heterocycles. The van der Waals surface area contributed by atoms with E-state index in [4.69, 9.17) is 0 Å². The Morgan fingerprint density at radius 3 is 2.89 bits per heavy atom. The lowest BCUT2D eigenvalue weighted by Crippen LogP contribution is -2.27. The Hall–Kier alpha value is -2.20. The summed E-state index contributed by atoms with van der Waals surface area (Å²) in [6.07, 6.45) is 5.60. The molecule has 0 bridgehead atoms. The lowest BCUT2D eigenvalue weighted by atomic mass is 10.2. The summed E-state index contributed by atoms with van der Waals surface area (Å²) < 4.78 is 2.18. The number of nitrogens with zero attached hydrogens (tertiary/aromatic N) is 3. The largest absolute Gasteiger partial charge is 0.332 e. The van der Waals surface area contributed by atoms with Gasteiger partial charge in [0.15, 0.2) is 0 Å². The van der Waals surface area contributed by atoms with Gasteiger partial charge in [0.1, 0.15) is 0 Å². The minimum Gasteiger partial charge on any atom is -0.332 e. The van der Waals surface area contributed by atoms with E-state index in [1.54, 1.807) is 0 Å². The zero-order chi connectivity index (χ0) is 12.9. The molecule has 19 heavy (non-hydrogen) atoms. The first-order chi connectivity index (χ1) is 9.43. The van der Waals surface area contributed by atoms with Gasteiger partial charge < -0.3 is 9.88 Å². The van der Waals surface area contributed by atoms with Crippen molar-refractivity contribution in [3.05, 3.63) is 60.8 Å². The Kier molecular flexibility index (Phi) is 3.51. The van der Waals surface area contributed by atoms with Crippen molar-refractivity contribution in [3.63, 3.8) is 0 Å². The zero-order valence-electron chi connectivity index (χ0n) is 10.7. The normalized spacial score (nSPS) is 13.5. The van der Waals surface area contributed by atoms with Crippen molar-refractivity contribution in [2.45, 2.75) is 13.1 Å². The first-order valence-electron chi connectivity index (χ1n) is 6.43. The summed E-state index contributed by atoms with van der Waals surface area (Å²) >= 11 is 0. The van der Waals surface area contributed by atoms with E-state index in [1.165, 1.54) is 11.1 Å². The van der Waals surface area contributed by atoms with Crippen LogP contribution in [0.3, 0.4) is 0 Å². The molecule has 1 N–H and O–H groups in total. The highest BCUT2D eigenvalue weighted by Crippen LogP contribution is 2.07. The fourth-order valence-corrected chi connectivity index (χ4v) is 2.13. The summed E-state index contributed by atoms with van der Waals surface area (Å²) in [5.41, 5.74) is 2.35. The van der Waals surface area contributed by atoms with Crippen molar-refractivity contribution in [1.29, 1.82) is 0 Å². The van der Waals surface area contributed by atoms with Crippen LogP contribution in [0.25, 0.3) is 10.9 Å². The highest BCUT2D eigenvalue weighted by molar-refractivity contribution is 5.77. The van der Waals surface area contributed by atoms with E-state index in [0.717, 1.165) is 25.2 Å². The van der Waals surface area contributed by atoms with Gasteiger partial charge in [0.05, 0.1) is 17.5 Å². The molecule has 1 aromatic carbocycles. The van der Waals surface area contributed by atoms with Gasteiger partial charge in [0.25, 0.3) is 0 Å². The van der Waals surface area contributed by atoms with Crippen molar-refractivity contribution < 1.29 is 0 Å². The molecule has 4 nitrogen and oxygen atoms in total. The Balaban J connectivity index is 0.000000117. The van der Waals surface area contributed by atoms with E-state index in [2.05, 4.69) is 32.0 Å². The van der Waals surface area contributed by atoms with Crippen LogP contribution in [0.2, 0.25) is 0 Å². The van der Waals surface area contributed by atoms with Crippen molar-refractivity contribution in [2.75, 3.05) is 6.54 Å². The Bertz CT molecular complexity index is 574. The highest BCUT2D eigenvalue weighted by atomic mass is 15.1. The van der Waals surface area contributed by atoms with Crippen LogP contribution in [0, 0.1) is 0 Å². The van der Waals surface area contributed by atoms with Crippen molar-refractivity contribution in [3.8, 4) is 0 Å². The average molecular weight is 252 g/mol. The van der Waals surface area contributed by atoms with Gasteiger partial charge in [-0.1, -0.05) is 24.3 Å². The quantitative estimate of drug-likeness (QED) is 0.667. The maximum Gasteiger partial charge on any atom is 0.0949 e. The molecule has 0 aliphatic carbocycles. The second kappa shape index (κ2) is 5.63. The van der Waals surface area contributed by atoms with Gasteiger partial charge in [-0.3, -0.25) is 4.98 Å². The molecule has 4 heteroatoms. The number of fused-ring (bicyclic) bond motifs is 2. The fraction of sp³-hybridized carbons (Fsp3) is 0.200. The van der Waals surface area contributed by atoms with E-state index in [0.29, 0.717) is 0 Å². The third-order valence-electron chi connectivity index (χ3n) is 3.15. The van der Waals surface area contributed by atoms with Gasteiger partial charge in [-0.25, -0.2) is 4.98 Å². The van der Waals surface area contributed by atoms with E-state index < -0.39 is 0 Å². The van der Waals surface area contributed by atoms with Crippen LogP contribution in [0.1, 0.15) is 5.69 Å². The summed E-state index contributed by atoms with van der Waals surface area (Å²) in [6, 6.07) is 12.1. The topological polar surface area (TPSA) is 42.7 Å². The zero-order valence-corrected chi connectivity index (χ0v) is 10.7. The van der Waals surface area contributed by atoms with Crippen molar-refractivity contribution in [2.24, 2.45) is 0 Å². The summed E-state index contributed by atoms with van der Waals surface area (Å²) in [5, 5.41) is 4.47. The number of imidazole rings is 1. The number of nitrogens with one attached hydrogen (secondary N) is 1. The molecule has 4 rings (SSSR count). The molecule has 0 atom stereocenters. The molecule has 1 aliphatic rings. The van der Waals surface area contributed by atoms with Crippen LogP contribution in [0.15, 0.2) is 55.1 Å². The van der Waals surface area contributed by atoms with Crippen LogP contribution in [0.5, 0.6) is 0 Å². The third kappa shape index (κ3) is 2.80. The van der Waals surface area contributed by atoms with Crippen LogP contribution in [0.4, 0.5) is 0 Å².